The summed E-state index contributed by atoms with van der Waals surface area (Å²) >= 11 is 5.88. The van der Waals surface area contributed by atoms with Crippen LogP contribution in [0.1, 0.15) is 25.8 Å². The standard InChI is InChI=1S/C14H19ClN2O3S/c1-11(2)5-7-20-8-6-17-21(18,19)14-9-12(10-16)3-4-13(14)15/h3-4,9,11,17H,5-8H2,1-2H3. The summed E-state index contributed by atoms with van der Waals surface area (Å²) in [5.74, 6) is 0.550. The molecule has 0 aliphatic rings. The third-order valence-electron chi connectivity index (χ3n) is 2.73. The van der Waals surface area contributed by atoms with E-state index in [-0.39, 0.29) is 22.0 Å². The average Bonchev–Trinajstić information content (AvgIpc) is 2.42. The average molecular weight is 331 g/mol. The van der Waals surface area contributed by atoms with Crippen molar-refractivity contribution in [2.24, 2.45) is 5.92 Å². The molecule has 0 saturated heterocycles. The molecule has 0 aliphatic heterocycles. The zero-order chi connectivity index (χ0) is 15.9. The summed E-state index contributed by atoms with van der Waals surface area (Å²) in [6, 6.07) is 6.01. The Kier molecular flexibility index (Phi) is 7.12. The van der Waals surface area contributed by atoms with Crippen molar-refractivity contribution < 1.29 is 13.2 Å². The summed E-state index contributed by atoms with van der Waals surface area (Å²) in [5, 5.41) is 8.89. The van der Waals surface area contributed by atoms with Crippen molar-refractivity contribution in [1.29, 1.82) is 5.26 Å². The topological polar surface area (TPSA) is 79.2 Å². The third-order valence-corrected chi connectivity index (χ3v) is 4.67. The van der Waals surface area contributed by atoms with Crippen LogP contribution in [0.2, 0.25) is 5.02 Å². The Balaban J connectivity index is 2.56. The molecule has 21 heavy (non-hydrogen) atoms. The molecule has 5 nitrogen and oxygen atoms in total. The number of hydrogen-bond acceptors (Lipinski definition) is 4. The van der Waals surface area contributed by atoms with E-state index in [0.29, 0.717) is 19.1 Å². The minimum absolute atomic E-state index is 0.0854. The molecule has 1 aromatic rings. The monoisotopic (exact) mass is 330 g/mol. The number of benzene rings is 1. The van der Waals surface area contributed by atoms with Crippen molar-refractivity contribution in [3.05, 3.63) is 28.8 Å². The molecule has 0 aromatic heterocycles. The number of ether oxygens (including phenoxy) is 1. The number of hydrogen-bond donors (Lipinski definition) is 1. The molecule has 0 amide bonds. The largest absolute Gasteiger partial charge is 0.380 e. The summed E-state index contributed by atoms with van der Waals surface area (Å²) < 4.78 is 32.0. The molecule has 0 unspecified atom stereocenters. The van der Waals surface area contributed by atoms with E-state index >= 15 is 0 Å². The number of rotatable bonds is 8. The minimum atomic E-state index is -3.74. The van der Waals surface area contributed by atoms with E-state index in [1.807, 2.05) is 6.07 Å². The van der Waals surface area contributed by atoms with Gasteiger partial charge in [-0.15, -0.1) is 0 Å². The first-order valence-corrected chi connectivity index (χ1v) is 8.50. The Morgan fingerprint density at radius 2 is 2.10 bits per heavy atom. The maximum atomic E-state index is 12.1. The number of nitrogens with one attached hydrogen (secondary N) is 1. The molecular formula is C14H19ClN2O3S. The van der Waals surface area contributed by atoms with Crippen molar-refractivity contribution >= 4 is 21.6 Å². The first kappa shape index (κ1) is 17.9. The van der Waals surface area contributed by atoms with Gasteiger partial charge in [-0.3, -0.25) is 0 Å². The Morgan fingerprint density at radius 3 is 2.71 bits per heavy atom. The highest BCUT2D eigenvalue weighted by Crippen LogP contribution is 2.22. The molecule has 0 fully saturated rings. The third kappa shape index (κ3) is 6.02. The highest BCUT2D eigenvalue weighted by atomic mass is 35.5. The van der Waals surface area contributed by atoms with E-state index in [2.05, 4.69) is 18.6 Å². The molecule has 1 rings (SSSR count). The van der Waals surface area contributed by atoms with E-state index in [9.17, 15) is 8.42 Å². The Labute approximate surface area is 130 Å². The lowest BCUT2D eigenvalue weighted by molar-refractivity contribution is 0.128. The summed E-state index contributed by atoms with van der Waals surface area (Å²) in [7, 11) is -3.74. The fourth-order valence-electron chi connectivity index (χ4n) is 1.53. The second-order valence-corrected chi connectivity index (χ2v) is 7.09. The number of halogens is 1. The summed E-state index contributed by atoms with van der Waals surface area (Å²) in [4.78, 5) is -0.0922. The van der Waals surface area contributed by atoms with Crippen molar-refractivity contribution in [2.45, 2.75) is 25.2 Å². The van der Waals surface area contributed by atoms with E-state index in [4.69, 9.17) is 21.6 Å². The SMILES string of the molecule is CC(C)CCOCCNS(=O)(=O)c1cc(C#N)ccc1Cl. The molecule has 0 aliphatic carbocycles. The van der Waals surface area contributed by atoms with Gasteiger partial charge in [-0.2, -0.15) is 5.26 Å². The quantitative estimate of drug-likeness (QED) is 0.743. The molecule has 0 radical (unpaired) electrons. The van der Waals surface area contributed by atoms with E-state index in [0.717, 1.165) is 6.42 Å². The van der Waals surface area contributed by atoms with Crippen LogP contribution in [0.3, 0.4) is 0 Å². The molecule has 116 valence electrons. The van der Waals surface area contributed by atoms with Gasteiger partial charge >= 0.3 is 0 Å². The summed E-state index contributed by atoms with van der Waals surface area (Å²) in [6.07, 6.45) is 0.933. The van der Waals surface area contributed by atoms with Gasteiger partial charge in [0.25, 0.3) is 0 Å². The fraction of sp³-hybridized carbons (Fsp3) is 0.500. The van der Waals surface area contributed by atoms with Gasteiger partial charge in [0.1, 0.15) is 4.90 Å². The number of sulfonamides is 1. The van der Waals surface area contributed by atoms with Gasteiger partial charge in [0.15, 0.2) is 0 Å². The van der Waals surface area contributed by atoms with Crippen LogP contribution in [0.25, 0.3) is 0 Å². The molecule has 0 saturated carbocycles. The lowest BCUT2D eigenvalue weighted by atomic mass is 10.1. The van der Waals surface area contributed by atoms with Gasteiger partial charge in [0, 0.05) is 13.2 Å². The van der Waals surface area contributed by atoms with Crippen LogP contribution in [0.5, 0.6) is 0 Å². The van der Waals surface area contributed by atoms with Crippen LogP contribution in [0, 0.1) is 17.2 Å². The van der Waals surface area contributed by atoms with Crippen molar-refractivity contribution in [3.63, 3.8) is 0 Å². The molecule has 7 heteroatoms. The first-order valence-electron chi connectivity index (χ1n) is 6.64. The molecule has 0 atom stereocenters. The summed E-state index contributed by atoms with van der Waals surface area (Å²) in [6.45, 7) is 5.24. The van der Waals surface area contributed by atoms with Crippen LogP contribution >= 0.6 is 11.6 Å². The maximum absolute atomic E-state index is 12.1. The van der Waals surface area contributed by atoms with Gasteiger partial charge in [-0.05, 0) is 30.5 Å². The Morgan fingerprint density at radius 1 is 1.38 bits per heavy atom. The van der Waals surface area contributed by atoms with E-state index in [1.165, 1.54) is 18.2 Å². The fourth-order valence-corrected chi connectivity index (χ4v) is 3.06. The van der Waals surface area contributed by atoms with Crippen molar-refractivity contribution in [1.82, 2.24) is 4.72 Å². The minimum Gasteiger partial charge on any atom is -0.380 e. The van der Waals surface area contributed by atoms with Gasteiger partial charge in [0.2, 0.25) is 10.0 Å². The smallest absolute Gasteiger partial charge is 0.242 e. The van der Waals surface area contributed by atoms with Gasteiger partial charge in [-0.1, -0.05) is 25.4 Å². The van der Waals surface area contributed by atoms with Crippen LogP contribution in [-0.2, 0) is 14.8 Å². The van der Waals surface area contributed by atoms with E-state index < -0.39 is 10.0 Å². The van der Waals surface area contributed by atoms with Crippen LogP contribution in [-0.4, -0.2) is 28.2 Å². The van der Waals surface area contributed by atoms with Crippen molar-refractivity contribution in [3.8, 4) is 6.07 Å². The Hall–Kier alpha value is -1.13. The lowest BCUT2D eigenvalue weighted by Crippen LogP contribution is -2.28. The molecule has 1 N–H and O–H groups in total. The van der Waals surface area contributed by atoms with Gasteiger partial charge in [0.05, 0.1) is 23.3 Å². The lowest BCUT2D eigenvalue weighted by Gasteiger charge is -2.10. The predicted molar refractivity (Wildman–Crippen MR) is 81.6 cm³/mol. The second kappa shape index (κ2) is 8.35. The van der Waals surface area contributed by atoms with Gasteiger partial charge < -0.3 is 4.74 Å². The summed E-state index contributed by atoms with van der Waals surface area (Å²) in [5.41, 5.74) is 0.243. The highest BCUT2D eigenvalue weighted by Gasteiger charge is 2.18. The normalized spacial score (nSPS) is 11.6. The second-order valence-electron chi connectivity index (χ2n) is 4.95. The maximum Gasteiger partial charge on any atom is 0.242 e. The number of nitriles is 1. The number of nitrogens with zero attached hydrogens (tertiary/aromatic N) is 1. The predicted octanol–water partition coefficient (Wildman–Crippen LogP) is 2.55. The Bertz CT molecular complexity index is 609. The molecule has 0 heterocycles. The van der Waals surface area contributed by atoms with E-state index in [1.54, 1.807) is 0 Å². The van der Waals surface area contributed by atoms with Crippen LogP contribution < -0.4 is 4.72 Å². The van der Waals surface area contributed by atoms with Crippen molar-refractivity contribution in [2.75, 3.05) is 19.8 Å². The molecular weight excluding hydrogens is 312 g/mol. The zero-order valence-corrected chi connectivity index (χ0v) is 13.7. The zero-order valence-electron chi connectivity index (χ0n) is 12.1. The highest BCUT2D eigenvalue weighted by molar-refractivity contribution is 7.89. The first-order chi connectivity index (χ1) is 9.86. The molecule has 0 spiro atoms. The molecule has 0 bridgehead atoms. The molecule has 1 aromatic carbocycles. The van der Waals surface area contributed by atoms with Crippen LogP contribution in [0.4, 0.5) is 0 Å². The van der Waals surface area contributed by atoms with Crippen LogP contribution in [0.15, 0.2) is 23.1 Å². The van der Waals surface area contributed by atoms with Gasteiger partial charge in [-0.25, -0.2) is 13.1 Å².